The van der Waals surface area contributed by atoms with Crippen LogP contribution in [0, 0.1) is 6.92 Å². The second-order valence-electron chi connectivity index (χ2n) is 7.27. The average molecular weight is 456 g/mol. The molecule has 1 N–H and O–H groups in total. The van der Waals surface area contributed by atoms with E-state index in [4.69, 9.17) is 28.2 Å². The standard InChI is InChI=1S/C24H23Cl2N3S/c1-3-22-28-23(20-13-15(2)30-24(20)29-22)27-12-4-5-16-6-8-17(9-7-16)19-14-18(25)10-11-21(19)26/h6-11,13-14H,3-5,12H2,1-2H3,(H,27,28,29). The van der Waals surface area contributed by atoms with Crippen molar-refractivity contribution in [1.29, 1.82) is 0 Å². The molecule has 4 rings (SSSR count). The summed E-state index contributed by atoms with van der Waals surface area (Å²) in [6.45, 7) is 5.07. The van der Waals surface area contributed by atoms with Gasteiger partial charge < -0.3 is 5.32 Å². The first-order valence-electron chi connectivity index (χ1n) is 10.1. The molecule has 6 heteroatoms. The van der Waals surface area contributed by atoms with Crippen molar-refractivity contribution >= 4 is 50.6 Å². The summed E-state index contributed by atoms with van der Waals surface area (Å²) in [5.74, 6) is 1.84. The van der Waals surface area contributed by atoms with Gasteiger partial charge in [-0.25, -0.2) is 9.97 Å². The van der Waals surface area contributed by atoms with E-state index in [9.17, 15) is 0 Å². The van der Waals surface area contributed by atoms with Gasteiger partial charge in [-0.05, 0) is 55.2 Å². The lowest BCUT2D eigenvalue weighted by molar-refractivity contribution is 0.855. The summed E-state index contributed by atoms with van der Waals surface area (Å²) < 4.78 is 0. The van der Waals surface area contributed by atoms with Crippen LogP contribution in [0.1, 0.15) is 29.6 Å². The number of thiophene rings is 1. The molecule has 0 fully saturated rings. The Hall–Kier alpha value is -2.14. The maximum atomic E-state index is 6.32. The van der Waals surface area contributed by atoms with Crippen molar-refractivity contribution in [2.45, 2.75) is 33.1 Å². The van der Waals surface area contributed by atoms with E-state index < -0.39 is 0 Å². The fraction of sp³-hybridized carbons (Fsp3) is 0.250. The smallest absolute Gasteiger partial charge is 0.138 e. The van der Waals surface area contributed by atoms with Gasteiger partial charge in [0.15, 0.2) is 0 Å². The van der Waals surface area contributed by atoms with Crippen LogP contribution in [0.2, 0.25) is 10.0 Å². The summed E-state index contributed by atoms with van der Waals surface area (Å²) in [5.41, 5.74) is 3.34. The number of benzene rings is 2. The molecule has 3 nitrogen and oxygen atoms in total. The zero-order valence-corrected chi connectivity index (χ0v) is 19.3. The van der Waals surface area contributed by atoms with Crippen LogP contribution >= 0.6 is 34.5 Å². The number of hydrogen-bond acceptors (Lipinski definition) is 4. The lowest BCUT2D eigenvalue weighted by atomic mass is 10.0. The Kier molecular flexibility index (Phi) is 6.57. The number of hydrogen-bond donors (Lipinski definition) is 1. The minimum Gasteiger partial charge on any atom is -0.369 e. The SMILES string of the molecule is CCc1nc(NCCCc2ccc(-c3cc(Cl)ccc3Cl)cc2)c2cc(C)sc2n1. The van der Waals surface area contributed by atoms with Crippen LogP contribution in [0.25, 0.3) is 21.3 Å². The molecule has 2 aromatic carbocycles. The van der Waals surface area contributed by atoms with E-state index in [0.29, 0.717) is 10.0 Å². The Morgan fingerprint density at radius 2 is 1.80 bits per heavy atom. The van der Waals surface area contributed by atoms with Gasteiger partial charge in [-0.3, -0.25) is 0 Å². The first kappa shape index (κ1) is 21.1. The Morgan fingerprint density at radius 1 is 1.00 bits per heavy atom. The second-order valence-corrected chi connectivity index (χ2v) is 9.35. The number of aryl methyl sites for hydroxylation is 3. The third-order valence-corrected chi connectivity index (χ3v) is 6.52. The predicted molar refractivity (Wildman–Crippen MR) is 130 cm³/mol. The highest BCUT2D eigenvalue weighted by Crippen LogP contribution is 2.31. The average Bonchev–Trinajstić information content (AvgIpc) is 3.13. The molecule has 0 saturated carbocycles. The monoisotopic (exact) mass is 455 g/mol. The molecule has 30 heavy (non-hydrogen) atoms. The van der Waals surface area contributed by atoms with Gasteiger partial charge in [-0.2, -0.15) is 0 Å². The Morgan fingerprint density at radius 3 is 2.57 bits per heavy atom. The van der Waals surface area contributed by atoms with E-state index in [1.807, 2.05) is 12.1 Å². The molecule has 0 aliphatic carbocycles. The third kappa shape index (κ3) is 4.77. The van der Waals surface area contributed by atoms with Crippen LogP contribution in [0.3, 0.4) is 0 Å². The Bertz CT molecular complexity index is 1170. The van der Waals surface area contributed by atoms with E-state index in [1.165, 1.54) is 10.4 Å². The van der Waals surface area contributed by atoms with Crippen molar-refractivity contribution in [3.8, 4) is 11.1 Å². The van der Waals surface area contributed by atoms with Crippen LogP contribution in [0.15, 0.2) is 48.5 Å². The summed E-state index contributed by atoms with van der Waals surface area (Å²) in [7, 11) is 0. The summed E-state index contributed by atoms with van der Waals surface area (Å²) in [6.07, 6.45) is 2.85. The van der Waals surface area contributed by atoms with Crippen LogP contribution in [0.4, 0.5) is 5.82 Å². The highest BCUT2D eigenvalue weighted by atomic mass is 35.5. The molecule has 4 aromatic rings. The van der Waals surface area contributed by atoms with E-state index in [1.54, 1.807) is 17.4 Å². The third-order valence-electron chi connectivity index (χ3n) is 5.01. The molecule has 0 aliphatic rings. The van der Waals surface area contributed by atoms with Crippen LogP contribution < -0.4 is 5.32 Å². The van der Waals surface area contributed by atoms with E-state index in [-0.39, 0.29) is 0 Å². The summed E-state index contributed by atoms with van der Waals surface area (Å²) in [5, 5.41) is 6.04. The highest BCUT2D eigenvalue weighted by molar-refractivity contribution is 7.18. The molecule has 2 heterocycles. The molecule has 0 spiro atoms. The molecule has 2 aromatic heterocycles. The number of fused-ring (bicyclic) bond motifs is 1. The summed E-state index contributed by atoms with van der Waals surface area (Å²) in [6, 6.07) is 16.2. The predicted octanol–water partition coefficient (Wildman–Crippen LogP) is 7.58. The van der Waals surface area contributed by atoms with E-state index in [0.717, 1.165) is 58.8 Å². The topological polar surface area (TPSA) is 37.8 Å². The van der Waals surface area contributed by atoms with Gasteiger partial charge in [0.05, 0.1) is 5.39 Å². The molecule has 0 saturated heterocycles. The normalized spacial score (nSPS) is 11.2. The largest absolute Gasteiger partial charge is 0.369 e. The number of rotatable bonds is 7. The zero-order valence-electron chi connectivity index (χ0n) is 17.0. The van der Waals surface area contributed by atoms with Gasteiger partial charge in [0.2, 0.25) is 0 Å². The fourth-order valence-electron chi connectivity index (χ4n) is 3.45. The number of anilines is 1. The minimum absolute atomic E-state index is 0.690. The molecular weight excluding hydrogens is 433 g/mol. The van der Waals surface area contributed by atoms with Gasteiger partial charge in [-0.15, -0.1) is 11.3 Å². The highest BCUT2D eigenvalue weighted by Gasteiger charge is 2.10. The van der Waals surface area contributed by atoms with Crippen molar-refractivity contribution in [2.75, 3.05) is 11.9 Å². The van der Waals surface area contributed by atoms with Crippen molar-refractivity contribution in [3.63, 3.8) is 0 Å². The lowest BCUT2D eigenvalue weighted by Gasteiger charge is -2.09. The molecule has 0 aliphatic heterocycles. The van der Waals surface area contributed by atoms with Crippen LogP contribution in [0.5, 0.6) is 0 Å². The van der Waals surface area contributed by atoms with Gasteiger partial charge in [-0.1, -0.05) is 54.4 Å². The zero-order chi connectivity index (χ0) is 21.1. The van der Waals surface area contributed by atoms with Gasteiger partial charge in [0, 0.05) is 33.5 Å². The maximum absolute atomic E-state index is 6.32. The van der Waals surface area contributed by atoms with Crippen LogP contribution in [-0.4, -0.2) is 16.5 Å². The van der Waals surface area contributed by atoms with Crippen molar-refractivity contribution in [1.82, 2.24) is 9.97 Å². The lowest BCUT2D eigenvalue weighted by Crippen LogP contribution is -2.07. The number of nitrogens with one attached hydrogen (secondary N) is 1. The Balaban J connectivity index is 1.38. The minimum atomic E-state index is 0.690. The number of nitrogens with zero attached hydrogens (tertiary/aromatic N) is 2. The molecule has 154 valence electrons. The molecule has 0 atom stereocenters. The van der Waals surface area contributed by atoms with Crippen molar-refractivity contribution in [2.24, 2.45) is 0 Å². The molecule has 0 unspecified atom stereocenters. The van der Waals surface area contributed by atoms with Crippen molar-refractivity contribution in [3.05, 3.63) is 74.8 Å². The number of halogens is 2. The maximum Gasteiger partial charge on any atom is 0.138 e. The quantitative estimate of drug-likeness (QED) is 0.291. The summed E-state index contributed by atoms with van der Waals surface area (Å²) in [4.78, 5) is 11.7. The van der Waals surface area contributed by atoms with E-state index >= 15 is 0 Å². The second kappa shape index (κ2) is 9.34. The first-order chi connectivity index (χ1) is 14.5. The van der Waals surface area contributed by atoms with E-state index in [2.05, 4.69) is 54.5 Å². The first-order valence-corrected chi connectivity index (χ1v) is 11.7. The Labute approximate surface area is 191 Å². The molecule has 0 bridgehead atoms. The van der Waals surface area contributed by atoms with Gasteiger partial charge >= 0.3 is 0 Å². The van der Waals surface area contributed by atoms with Gasteiger partial charge in [0.1, 0.15) is 16.5 Å². The van der Waals surface area contributed by atoms with Crippen LogP contribution in [-0.2, 0) is 12.8 Å². The van der Waals surface area contributed by atoms with Crippen molar-refractivity contribution < 1.29 is 0 Å². The summed E-state index contributed by atoms with van der Waals surface area (Å²) >= 11 is 14.2. The molecule has 0 radical (unpaired) electrons. The number of aromatic nitrogens is 2. The molecule has 0 amide bonds. The fourth-order valence-corrected chi connectivity index (χ4v) is 4.75. The van der Waals surface area contributed by atoms with Gasteiger partial charge in [0.25, 0.3) is 0 Å². The molecular formula is C24H23Cl2N3S.